The Morgan fingerprint density at radius 3 is 2.89 bits per heavy atom. The van der Waals surface area contributed by atoms with Crippen LogP contribution in [0.2, 0.25) is 0 Å². The van der Waals surface area contributed by atoms with E-state index >= 15 is 0 Å². The molecule has 0 aliphatic rings. The highest BCUT2D eigenvalue weighted by atomic mass is 32.1. The van der Waals surface area contributed by atoms with Crippen LogP contribution < -0.4 is 10.1 Å². The van der Waals surface area contributed by atoms with Crippen LogP contribution in [0.5, 0.6) is 5.75 Å². The van der Waals surface area contributed by atoms with Gasteiger partial charge in [-0.3, -0.25) is 10.1 Å². The van der Waals surface area contributed by atoms with Gasteiger partial charge in [0, 0.05) is 11.6 Å². The first-order valence-electron chi connectivity index (χ1n) is 6.01. The minimum atomic E-state index is -0.565. The van der Waals surface area contributed by atoms with Gasteiger partial charge in [-0.2, -0.15) is 0 Å². The summed E-state index contributed by atoms with van der Waals surface area (Å²) in [5, 5.41) is 5.12. The van der Waals surface area contributed by atoms with E-state index in [4.69, 9.17) is 4.74 Å². The second kappa shape index (κ2) is 5.84. The van der Waals surface area contributed by atoms with Gasteiger partial charge in [0.1, 0.15) is 5.75 Å². The zero-order valence-corrected chi connectivity index (χ0v) is 12.0. The zero-order chi connectivity index (χ0) is 13.8. The van der Waals surface area contributed by atoms with Gasteiger partial charge in [-0.1, -0.05) is 12.1 Å². The Kier molecular flexibility index (Phi) is 4.16. The number of hydrogen-bond acceptors (Lipinski definition) is 4. The van der Waals surface area contributed by atoms with Gasteiger partial charge in [0.05, 0.1) is 0 Å². The number of nitrogens with one attached hydrogen (secondary N) is 1. The molecule has 1 aromatic carbocycles. The van der Waals surface area contributed by atoms with E-state index in [1.54, 1.807) is 13.1 Å². The van der Waals surface area contributed by atoms with E-state index in [2.05, 4.69) is 10.3 Å². The second-order valence-corrected chi connectivity index (χ2v) is 5.18. The molecule has 0 saturated carbocycles. The van der Waals surface area contributed by atoms with Gasteiger partial charge in [0.15, 0.2) is 11.2 Å². The fraction of sp³-hybridized carbons (Fsp3) is 0.286. The Hall–Kier alpha value is -1.88. The number of anilines is 1. The van der Waals surface area contributed by atoms with Crippen LogP contribution >= 0.6 is 11.3 Å². The Balaban J connectivity index is 2.02. The smallest absolute Gasteiger partial charge is 0.266 e. The second-order valence-electron chi connectivity index (χ2n) is 4.28. The van der Waals surface area contributed by atoms with Crippen molar-refractivity contribution in [2.24, 2.45) is 0 Å². The van der Waals surface area contributed by atoms with Gasteiger partial charge in [-0.15, -0.1) is 11.3 Å². The number of nitrogens with zero attached hydrogens (tertiary/aromatic N) is 1. The molecular weight excluding hydrogens is 260 g/mol. The SMILES string of the molecule is Cc1cccc(OC(C)C(=O)Nc2nccs2)c1C. The number of benzene rings is 1. The molecule has 1 heterocycles. The van der Waals surface area contributed by atoms with E-state index in [0.29, 0.717) is 5.13 Å². The summed E-state index contributed by atoms with van der Waals surface area (Å²) >= 11 is 1.38. The Bertz CT molecular complexity index is 567. The number of carbonyl (C=O) groups excluding carboxylic acids is 1. The van der Waals surface area contributed by atoms with Crippen LogP contribution in [-0.4, -0.2) is 17.0 Å². The van der Waals surface area contributed by atoms with Gasteiger partial charge < -0.3 is 4.74 Å². The molecule has 1 unspecified atom stereocenters. The van der Waals surface area contributed by atoms with E-state index in [0.717, 1.165) is 16.9 Å². The highest BCUT2D eigenvalue weighted by Crippen LogP contribution is 2.22. The van der Waals surface area contributed by atoms with Crippen LogP contribution in [0, 0.1) is 13.8 Å². The van der Waals surface area contributed by atoms with Crippen molar-refractivity contribution in [2.75, 3.05) is 5.32 Å². The van der Waals surface area contributed by atoms with E-state index < -0.39 is 6.10 Å². The summed E-state index contributed by atoms with van der Waals surface area (Å²) in [6, 6.07) is 5.81. The molecule has 2 aromatic rings. The largest absolute Gasteiger partial charge is 0.481 e. The first kappa shape index (κ1) is 13.5. The molecule has 5 heteroatoms. The molecule has 1 amide bonds. The molecule has 0 spiro atoms. The van der Waals surface area contributed by atoms with Gasteiger partial charge in [0.25, 0.3) is 5.91 Å². The summed E-state index contributed by atoms with van der Waals surface area (Å²) in [5.41, 5.74) is 2.20. The van der Waals surface area contributed by atoms with Crippen LogP contribution in [0.1, 0.15) is 18.1 Å². The van der Waals surface area contributed by atoms with Crippen molar-refractivity contribution >= 4 is 22.4 Å². The lowest BCUT2D eigenvalue weighted by Crippen LogP contribution is -2.30. The Labute approximate surface area is 116 Å². The number of aryl methyl sites for hydroxylation is 1. The topological polar surface area (TPSA) is 51.2 Å². The maximum absolute atomic E-state index is 11.9. The predicted molar refractivity (Wildman–Crippen MR) is 76.7 cm³/mol. The van der Waals surface area contributed by atoms with Crippen LogP contribution in [0.4, 0.5) is 5.13 Å². The first-order valence-corrected chi connectivity index (χ1v) is 6.89. The van der Waals surface area contributed by atoms with Crippen LogP contribution in [0.15, 0.2) is 29.8 Å². The molecule has 0 bridgehead atoms. The third-order valence-corrected chi connectivity index (χ3v) is 3.58. The van der Waals surface area contributed by atoms with Gasteiger partial charge in [-0.05, 0) is 38.0 Å². The van der Waals surface area contributed by atoms with Crippen molar-refractivity contribution in [1.29, 1.82) is 0 Å². The molecule has 1 atom stereocenters. The minimum absolute atomic E-state index is 0.198. The lowest BCUT2D eigenvalue weighted by atomic mass is 10.1. The normalized spacial score (nSPS) is 11.9. The third kappa shape index (κ3) is 3.32. The number of hydrogen-bond donors (Lipinski definition) is 1. The maximum Gasteiger partial charge on any atom is 0.266 e. The molecule has 1 N–H and O–H groups in total. The minimum Gasteiger partial charge on any atom is -0.481 e. The standard InChI is InChI=1S/C14H16N2O2S/c1-9-5-4-6-12(10(9)2)18-11(3)13(17)16-14-15-7-8-19-14/h4-8,11H,1-3H3,(H,15,16,17). The molecule has 1 aromatic heterocycles. The predicted octanol–water partition coefficient (Wildman–Crippen LogP) is 3.17. The molecule has 0 aliphatic heterocycles. The number of aromatic nitrogens is 1. The summed E-state index contributed by atoms with van der Waals surface area (Å²) in [5.74, 6) is 0.539. The highest BCUT2D eigenvalue weighted by Gasteiger charge is 2.16. The van der Waals surface area contributed by atoms with E-state index in [9.17, 15) is 4.79 Å². The van der Waals surface area contributed by atoms with Crippen molar-refractivity contribution in [1.82, 2.24) is 4.98 Å². The van der Waals surface area contributed by atoms with Crippen molar-refractivity contribution in [3.63, 3.8) is 0 Å². The summed E-state index contributed by atoms with van der Waals surface area (Å²) in [7, 11) is 0. The molecule has 0 fully saturated rings. The average Bonchev–Trinajstić information content (AvgIpc) is 2.87. The zero-order valence-electron chi connectivity index (χ0n) is 11.1. The maximum atomic E-state index is 11.9. The third-order valence-electron chi connectivity index (χ3n) is 2.89. The molecule has 4 nitrogen and oxygen atoms in total. The molecule has 0 aliphatic carbocycles. The van der Waals surface area contributed by atoms with Gasteiger partial charge in [-0.25, -0.2) is 4.98 Å². The lowest BCUT2D eigenvalue weighted by Gasteiger charge is -2.16. The molecule has 0 radical (unpaired) electrons. The van der Waals surface area contributed by atoms with Crippen LogP contribution in [-0.2, 0) is 4.79 Å². The summed E-state index contributed by atoms with van der Waals surface area (Å²) in [6.45, 7) is 5.73. The summed E-state index contributed by atoms with van der Waals surface area (Å²) < 4.78 is 5.70. The van der Waals surface area contributed by atoms with E-state index in [-0.39, 0.29) is 5.91 Å². The number of carbonyl (C=O) groups is 1. The van der Waals surface area contributed by atoms with Crippen molar-refractivity contribution in [3.05, 3.63) is 40.9 Å². The summed E-state index contributed by atoms with van der Waals surface area (Å²) in [4.78, 5) is 15.9. The fourth-order valence-corrected chi connectivity index (χ4v) is 2.12. The van der Waals surface area contributed by atoms with Crippen LogP contribution in [0.3, 0.4) is 0 Å². The Morgan fingerprint density at radius 1 is 1.42 bits per heavy atom. The number of ether oxygens (including phenoxy) is 1. The van der Waals surface area contributed by atoms with Crippen molar-refractivity contribution in [2.45, 2.75) is 26.9 Å². The monoisotopic (exact) mass is 276 g/mol. The van der Waals surface area contributed by atoms with Gasteiger partial charge >= 0.3 is 0 Å². The summed E-state index contributed by atoms with van der Waals surface area (Å²) in [6.07, 6.45) is 1.08. The highest BCUT2D eigenvalue weighted by molar-refractivity contribution is 7.13. The molecular formula is C14H16N2O2S. The molecule has 19 heavy (non-hydrogen) atoms. The lowest BCUT2D eigenvalue weighted by molar-refractivity contribution is -0.122. The average molecular weight is 276 g/mol. The fourth-order valence-electron chi connectivity index (χ4n) is 1.59. The van der Waals surface area contributed by atoms with E-state index in [1.807, 2.05) is 37.4 Å². The Morgan fingerprint density at radius 2 is 2.21 bits per heavy atom. The quantitative estimate of drug-likeness (QED) is 0.933. The molecule has 0 saturated heterocycles. The van der Waals surface area contributed by atoms with E-state index in [1.165, 1.54) is 11.3 Å². The van der Waals surface area contributed by atoms with Crippen LogP contribution in [0.25, 0.3) is 0 Å². The van der Waals surface area contributed by atoms with Crippen molar-refractivity contribution < 1.29 is 9.53 Å². The molecule has 2 rings (SSSR count). The first-order chi connectivity index (χ1) is 9.08. The van der Waals surface area contributed by atoms with Crippen molar-refractivity contribution in [3.8, 4) is 5.75 Å². The number of amides is 1. The number of rotatable bonds is 4. The number of thiazole rings is 1. The molecule has 100 valence electrons. The van der Waals surface area contributed by atoms with Gasteiger partial charge in [0.2, 0.25) is 0 Å².